The van der Waals surface area contributed by atoms with Gasteiger partial charge in [-0.1, -0.05) is 6.92 Å². The van der Waals surface area contributed by atoms with Gasteiger partial charge in [0.25, 0.3) is 0 Å². The second-order valence-electron chi connectivity index (χ2n) is 6.54. The molecule has 0 saturated carbocycles. The molecular formula is C14H31N3O. The summed E-state index contributed by atoms with van der Waals surface area (Å²) in [6, 6.07) is -0.171. The molecule has 1 atom stereocenters. The van der Waals surface area contributed by atoms with E-state index in [0.29, 0.717) is 0 Å². The van der Waals surface area contributed by atoms with Crippen molar-refractivity contribution in [2.45, 2.75) is 65.1 Å². The predicted molar refractivity (Wildman–Crippen MR) is 77.7 cm³/mol. The minimum Gasteiger partial charge on any atom is -0.350 e. The third-order valence-corrected chi connectivity index (χ3v) is 3.79. The molecule has 0 saturated heterocycles. The average Bonchev–Trinajstić information content (AvgIpc) is 2.25. The maximum absolute atomic E-state index is 12.0. The normalized spacial score (nSPS) is 14.7. The number of carbonyl (C=O) groups excluding carboxylic acids is 1. The lowest BCUT2D eigenvalue weighted by atomic mass is 10.0. The molecule has 0 fully saturated rings. The van der Waals surface area contributed by atoms with Crippen LogP contribution in [0.4, 0.5) is 0 Å². The Morgan fingerprint density at radius 3 is 2.11 bits per heavy atom. The summed E-state index contributed by atoms with van der Waals surface area (Å²) in [6.45, 7) is 13.2. The van der Waals surface area contributed by atoms with Crippen molar-refractivity contribution in [2.24, 2.45) is 0 Å². The molecule has 0 rings (SSSR count). The number of nitrogens with one attached hydrogen (secondary N) is 2. The molecule has 1 amide bonds. The van der Waals surface area contributed by atoms with Crippen LogP contribution in [0.2, 0.25) is 0 Å². The smallest absolute Gasteiger partial charge is 0.237 e. The van der Waals surface area contributed by atoms with Crippen LogP contribution < -0.4 is 10.6 Å². The summed E-state index contributed by atoms with van der Waals surface area (Å²) in [7, 11) is 4.10. The Kier molecular flexibility index (Phi) is 6.30. The molecule has 0 radical (unpaired) electrons. The second kappa shape index (κ2) is 6.53. The van der Waals surface area contributed by atoms with Crippen LogP contribution >= 0.6 is 0 Å². The highest BCUT2D eigenvalue weighted by Crippen LogP contribution is 2.09. The molecule has 4 heteroatoms. The Morgan fingerprint density at radius 2 is 1.72 bits per heavy atom. The standard InChI is InChI=1S/C14H31N3O/c1-9-13(3,4)16-12(18)11(2)15-10-14(5,6)17(7)8/h11,15H,9-10H2,1-8H3,(H,16,18). The number of nitrogens with zero attached hydrogens (tertiary/aromatic N) is 1. The van der Waals surface area contributed by atoms with E-state index in [1.165, 1.54) is 0 Å². The van der Waals surface area contributed by atoms with Crippen molar-refractivity contribution in [1.29, 1.82) is 0 Å². The van der Waals surface area contributed by atoms with Gasteiger partial charge in [-0.3, -0.25) is 4.79 Å². The van der Waals surface area contributed by atoms with Crippen LogP contribution in [0.1, 0.15) is 48.0 Å². The number of rotatable bonds is 7. The second-order valence-corrected chi connectivity index (χ2v) is 6.54. The Bertz CT molecular complexity index is 272. The summed E-state index contributed by atoms with van der Waals surface area (Å²) >= 11 is 0. The third kappa shape index (κ3) is 5.83. The monoisotopic (exact) mass is 257 g/mol. The molecule has 0 bridgehead atoms. The molecule has 0 aromatic rings. The summed E-state index contributed by atoms with van der Waals surface area (Å²) in [5.74, 6) is 0.0661. The van der Waals surface area contributed by atoms with Crippen LogP contribution in [0.3, 0.4) is 0 Å². The molecule has 0 aromatic carbocycles. The van der Waals surface area contributed by atoms with Gasteiger partial charge in [-0.25, -0.2) is 0 Å². The zero-order chi connectivity index (χ0) is 14.6. The van der Waals surface area contributed by atoms with Crippen molar-refractivity contribution in [3.63, 3.8) is 0 Å². The first-order valence-electron chi connectivity index (χ1n) is 6.74. The van der Waals surface area contributed by atoms with Crippen molar-refractivity contribution in [1.82, 2.24) is 15.5 Å². The highest BCUT2D eigenvalue weighted by atomic mass is 16.2. The molecule has 0 spiro atoms. The van der Waals surface area contributed by atoms with Crippen molar-refractivity contribution in [2.75, 3.05) is 20.6 Å². The largest absolute Gasteiger partial charge is 0.350 e. The minimum absolute atomic E-state index is 0.0365. The van der Waals surface area contributed by atoms with Gasteiger partial charge in [0.1, 0.15) is 0 Å². The highest BCUT2D eigenvalue weighted by molar-refractivity contribution is 5.81. The van der Waals surface area contributed by atoms with Gasteiger partial charge in [-0.15, -0.1) is 0 Å². The van der Waals surface area contributed by atoms with Crippen molar-refractivity contribution < 1.29 is 4.79 Å². The van der Waals surface area contributed by atoms with Crippen molar-refractivity contribution in [3.05, 3.63) is 0 Å². The van der Waals surface area contributed by atoms with Gasteiger partial charge in [0, 0.05) is 17.6 Å². The van der Waals surface area contributed by atoms with Gasteiger partial charge in [0.05, 0.1) is 6.04 Å². The van der Waals surface area contributed by atoms with Gasteiger partial charge in [-0.05, 0) is 55.1 Å². The summed E-state index contributed by atoms with van der Waals surface area (Å²) in [6.07, 6.45) is 0.925. The topological polar surface area (TPSA) is 44.4 Å². The van der Waals surface area contributed by atoms with Crippen LogP contribution in [0, 0.1) is 0 Å². The van der Waals surface area contributed by atoms with Crippen LogP contribution in [-0.4, -0.2) is 48.6 Å². The number of likely N-dealkylation sites (N-methyl/N-ethyl adjacent to an activating group) is 1. The first-order valence-corrected chi connectivity index (χ1v) is 6.74. The van der Waals surface area contributed by atoms with Crippen molar-refractivity contribution >= 4 is 5.91 Å². The van der Waals surface area contributed by atoms with E-state index < -0.39 is 0 Å². The van der Waals surface area contributed by atoms with E-state index in [0.717, 1.165) is 13.0 Å². The molecule has 0 aliphatic carbocycles. The molecule has 18 heavy (non-hydrogen) atoms. The van der Waals surface area contributed by atoms with E-state index in [4.69, 9.17) is 0 Å². The lowest BCUT2D eigenvalue weighted by Gasteiger charge is -2.34. The lowest BCUT2D eigenvalue weighted by Crippen LogP contribution is -2.54. The van der Waals surface area contributed by atoms with Gasteiger partial charge < -0.3 is 15.5 Å². The molecule has 0 aliphatic heterocycles. The van der Waals surface area contributed by atoms with Crippen LogP contribution in [-0.2, 0) is 4.79 Å². The van der Waals surface area contributed by atoms with Crippen LogP contribution in [0.25, 0.3) is 0 Å². The first-order chi connectivity index (χ1) is 8.02. The number of hydrogen-bond donors (Lipinski definition) is 2. The SMILES string of the molecule is CCC(C)(C)NC(=O)C(C)NCC(C)(C)N(C)C. The Balaban J connectivity index is 4.26. The summed E-state index contributed by atoms with van der Waals surface area (Å²) in [5, 5.41) is 6.35. The van der Waals surface area contributed by atoms with Crippen LogP contribution in [0.15, 0.2) is 0 Å². The zero-order valence-electron chi connectivity index (χ0n) is 13.3. The van der Waals surface area contributed by atoms with Crippen molar-refractivity contribution in [3.8, 4) is 0 Å². The lowest BCUT2D eigenvalue weighted by molar-refractivity contribution is -0.124. The number of hydrogen-bond acceptors (Lipinski definition) is 3. The molecule has 1 unspecified atom stereocenters. The zero-order valence-corrected chi connectivity index (χ0v) is 13.3. The fraction of sp³-hybridized carbons (Fsp3) is 0.929. The number of amides is 1. The fourth-order valence-corrected chi connectivity index (χ4v) is 1.18. The molecule has 108 valence electrons. The maximum Gasteiger partial charge on any atom is 0.237 e. The highest BCUT2D eigenvalue weighted by Gasteiger charge is 2.25. The maximum atomic E-state index is 12.0. The van der Waals surface area contributed by atoms with E-state index in [2.05, 4.69) is 36.3 Å². The summed E-state index contributed by atoms with van der Waals surface area (Å²) < 4.78 is 0. The Morgan fingerprint density at radius 1 is 1.22 bits per heavy atom. The van der Waals surface area contributed by atoms with E-state index in [-0.39, 0.29) is 23.0 Å². The Labute approximate surface area is 113 Å². The summed E-state index contributed by atoms with van der Waals surface area (Å²) in [5.41, 5.74) is -0.0983. The van der Waals surface area contributed by atoms with Crippen LogP contribution in [0.5, 0.6) is 0 Å². The Hall–Kier alpha value is -0.610. The quantitative estimate of drug-likeness (QED) is 0.728. The van der Waals surface area contributed by atoms with E-state index in [1.54, 1.807) is 0 Å². The van der Waals surface area contributed by atoms with Gasteiger partial charge in [0.15, 0.2) is 0 Å². The van der Waals surface area contributed by atoms with Gasteiger partial charge in [-0.2, -0.15) is 0 Å². The van der Waals surface area contributed by atoms with Gasteiger partial charge in [0.2, 0.25) is 5.91 Å². The minimum atomic E-state index is -0.171. The summed E-state index contributed by atoms with van der Waals surface area (Å²) in [4.78, 5) is 14.2. The van der Waals surface area contributed by atoms with E-state index in [9.17, 15) is 4.79 Å². The average molecular weight is 257 g/mol. The molecule has 2 N–H and O–H groups in total. The number of carbonyl (C=O) groups is 1. The molecular weight excluding hydrogens is 226 g/mol. The van der Waals surface area contributed by atoms with E-state index >= 15 is 0 Å². The first kappa shape index (κ1) is 17.4. The molecule has 0 aliphatic rings. The molecule has 4 nitrogen and oxygen atoms in total. The molecule has 0 heterocycles. The van der Waals surface area contributed by atoms with Gasteiger partial charge >= 0.3 is 0 Å². The van der Waals surface area contributed by atoms with E-state index in [1.807, 2.05) is 34.9 Å². The molecule has 0 aromatic heterocycles. The third-order valence-electron chi connectivity index (χ3n) is 3.79. The predicted octanol–water partition coefficient (Wildman–Crippen LogP) is 1.61. The fourth-order valence-electron chi connectivity index (χ4n) is 1.18.